The van der Waals surface area contributed by atoms with Gasteiger partial charge < -0.3 is 14.7 Å². The molecule has 0 radical (unpaired) electrons. The summed E-state index contributed by atoms with van der Waals surface area (Å²) in [4.78, 5) is 27.2. The standard InChI is InChI=1S/C20H15NO4S/c22-12-11-21-16-7-3-4-8-17(16)26-18(21)10-9-15-13-5-1-2-6-14(13)19(23)25-20(15)24/h1-10,22H,11-12H2/b15-9-,18-10-. The van der Waals surface area contributed by atoms with Crippen molar-refractivity contribution in [3.63, 3.8) is 0 Å². The number of aliphatic hydroxyl groups excluding tert-OH is 1. The number of carbonyl (C=O) groups is 2. The Kier molecular flexibility index (Phi) is 4.36. The molecule has 4 rings (SSSR count). The van der Waals surface area contributed by atoms with E-state index in [1.165, 1.54) is 0 Å². The summed E-state index contributed by atoms with van der Waals surface area (Å²) in [5.74, 6) is -1.28. The molecule has 130 valence electrons. The number of para-hydroxylation sites is 1. The Bertz CT molecular complexity index is 964. The first-order chi connectivity index (χ1) is 12.7. The van der Waals surface area contributed by atoms with Gasteiger partial charge in [-0.2, -0.15) is 0 Å². The van der Waals surface area contributed by atoms with Gasteiger partial charge in [0.2, 0.25) is 0 Å². The molecule has 2 aliphatic heterocycles. The third-order valence-electron chi connectivity index (χ3n) is 4.20. The van der Waals surface area contributed by atoms with Gasteiger partial charge >= 0.3 is 11.9 Å². The summed E-state index contributed by atoms with van der Waals surface area (Å²) in [6.07, 6.45) is 3.50. The average molecular weight is 365 g/mol. The lowest BCUT2D eigenvalue weighted by atomic mass is 9.97. The first-order valence-electron chi connectivity index (χ1n) is 8.12. The summed E-state index contributed by atoms with van der Waals surface area (Å²) in [7, 11) is 0. The Balaban J connectivity index is 1.74. The number of fused-ring (bicyclic) bond motifs is 2. The Labute approximate surface area is 154 Å². The molecule has 0 atom stereocenters. The molecule has 0 unspecified atom stereocenters. The molecule has 5 nitrogen and oxygen atoms in total. The molecule has 2 aliphatic rings. The van der Waals surface area contributed by atoms with Crippen LogP contribution in [0, 0.1) is 0 Å². The summed E-state index contributed by atoms with van der Waals surface area (Å²) in [6.45, 7) is 0.473. The number of β-amino-alcohol motifs (C(OH)–C–C–N with tert-alkyl or cyclic N) is 1. The minimum Gasteiger partial charge on any atom is -0.395 e. The molecule has 2 heterocycles. The fourth-order valence-corrected chi connectivity index (χ4v) is 4.11. The summed E-state index contributed by atoms with van der Waals surface area (Å²) >= 11 is 1.57. The van der Waals surface area contributed by atoms with Crippen LogP contribution in [0.1, 0.15) is 15.9 Å². The van der Waals surface area contributed by atoms with Crippen LogP contribution < -0.4 is 4.90 Å². The molecule has 26 heavy (non-hydrogen) atoms. The normalized spacial score (nSPS) is 18.9. The van der Waals surface area contributed by atoms with Crippen molar-refractivity contribution in [2.45, 2.75) is 4.90 Å². The topological polar surface area (TPSA) is 66.8 Å². The summed E-state index contributed by atoms with van der Waals surface area (Å²) in [5, 5.41) is 10.3. The summed E-state index contributed by atoms with van der Waals surface area (Å²) in [5.41, 5.74) is 2.32. The molecule has 0 amide bonds. The number of esters is 2. The van der Waals surface area contributed by atoms with Crippen molar-refractivity contribution in [2.24, 2.45) is 0 Å². The second-order valence-electron chi connectivity index (χ2n) is 5.75. The average Bonchev–Trinajstić information content (AvgIpc) is 3.00. The minimum atomic E-state index is -0.653. The van der Waals surface area contributed by atoms with E-state index >= 15 is 0 Å². The van der Waals surface area contributed by atoms with Gasteiger partial charge in [0.05, 0.1) is 28.5 Å². The molecule has 0 aliphatic carbocycles. The number of allylic oxidation sites excluding steroid dienone is 2. The van der Waals surface area contributed by atoms with E-state index in [9.17, 15) is 14.7 Å². The van der Waals surface area contributed by atoms with Crippen LogP contribution in [0.4, 0.5) is 5.69 Å². The maximum Gasteiger partial charge on any atom is 0.346 e. The molecule has 0 saturated heterocycles. The number of thioether (sulfide) groups is 1. The quantitative estimate of drug-likeness (QED) is 0.512. The van der Waals surface area contributed by atoms with E-state index in [1.807, 2.05) is 35.2 Å². The number of rotatable bonds is 3. The predicted octanol–water partition coefficient (Wildman–Crippen LogP) is 3.21. The van der Waals surface area contributed by atoms with Crippen LogP contribution in [-0.4, -0.2) is 30.2 Å². The predicted molar refractivity (Wildman–Crippen MR) is 99.7 cm³/mol. The maximum atomic E-state index is 12.2. The Morgan fingerprint density at radius 2 is 1.69 bits per heavy atom. The molecule has 0 aromatic heterocycles. The Hall–Kier alpha value is -2.83. The molecular formula is C20H15NO4S. The van der Waals surface area contributed by atoms with Gasteiger partial charge in [-0.15, -0.1) is 0 Å². The zero-order chi connectivity index (χ0) is 18.1. The molecule has 1 N–H and O–H groups in total. The van der Waals surface area contributed by atoms with E-state index in [2.05, 4.69) is 0 Å². The Morgan fingerprint density at radius 1 is 0.962 bits per heavy atom. The highest BCUT2D eigenvalue weighted by atomic mass is 32.2. The number of hydrogen-bond donors (Lipinski definition) is 1. The van der Waals surface area contributed by atoms with Crippen molar-refractivity contribution in [3.05, 3.63) is 76.8 Å². The highest BCUT2D eigenvalue weighted by molar-refractivity contribution is 8.03. The number of hydrogen-bond acceptors (Lipinski definition) is 6. The number of carbonyl (C=O) groups excluding carboxylic acids is 2. The van der Waals surface area contributed by atoms with Crippen molar-refractivity contribution < 1.29 is 19.4 Å². The lowest BCUT2D eigenvalue weighted by Crippen LogP contribution is -2.22. The van der Waals surface area contributed by atoms with Crippen LogP contribution in [0.2, 0.25) is 0 Å². The number of anilines is 1. The second-order valence-corrected chi connectivity index (χ2v) is 6.82. The van der Waals surface area contributed by atoms with Crippen LogP contribution in [0.25, 0.3) is 5.57 Å². The molecule has 0 saturated carbocycles. The molecule has 2 aromatic rings. The first kappa shape index (κ1) is 16.6. The van der Waals surface area contributed by atoms with Gasteiger partial charge in [0, 0.05) is 17.0 Å². The van der Waals surface area contributed by atoms with Crippen molar-refractivity contribution in [3.8, 4) is 0 Å². The molecule has 6 heteroatoms. The lowest BCUT2D eigenvalue weighted by Gasteiger charge is -2.19. The fourth-order valence-electron chi connectivity index (χ4n) is 3.02. The van der Waals surface area contributed by atoms with E-state index in [4.69, 9.17) is 4.74 Å². The molecule has 0 spiro atoms. The van der Waals surface area contributed by atoms with E-state index < -0.39 is 11.9 Å². The molecule has 2 aromatic carbocycles. The monoisotopic (exact) mass is 365 g/mol. The van der Waals surface area contributed by atoms with E-state index in [-0.39, 0.29) is 6.61 Å². The van der Waals surface area contributed by atoms with Crippen LogP contribution in [0.3, 0.4) is 0 Å². The second kappa shape index (κ2) is 6.82. The van der Waals surface area contributed by atoms with Crippen molar-refractivity contribution in [1.82, 2.24) is 0 Å². The first-order valence-corrected chi connectivity index (χ1v) is 8.94. The maximum absolute atomic E-state index is 12.2. The number of ether oxygens (including phenoxy) is 1. The smallest absolute Gasteiger partial charge is 0.346 e. The number of cyclic esters (lactones) is 2. The van der Waals surface area contributed by atoms with E-state index in [0.29, 0.717) is 23.2 Å². The summed E-state index contributed by atoms with van der Waals surface area (Å²) < 4.78 is 4.84. The Morgan fingerprint density at radius 3 is 2.50 bits per heavy atom. The van der Waals surface area contributed by atoms with Crippen LogP contribution >= 0.6 is 11.8 Å². The van der Waals surface area contributed by atoms with Crippen LogP contribution in [0.5, 0.6) is 0 Å². The van der Waals surface area contributed by atoms with E-state index in [1.54, 1.807) is 42.1 Å². The minimum absolute atomic E-state index is 0.0161. The highest BCUT2D eigenvalue weighted by Gasteiger charge is 2.29. The van der Waals surface area contributed by atoms with Gasteiger partial charge in [-0.3, -0.25) is 0 Å². The third kappa shape index (κ3) is 2.83. The van der Waals surface area contributed by atoms with Gasteiger partial charge in [-0.05, 0) is 30.4 Å². The van der Waals surface area contributed by atoms with Gasteiger partial charge in [-0.25, -0.2) is 9.59 Å². The van der Waals surface area contributed by atoms with Crippen molar-refractivity contribution in [1.29, 1.82) is 0 Å². The van der Waals surface area contributed by atoms with Gasteiger partial charge in [0.15, 0.2) is 0 Å². The largest absolute Gasteiger partial charge is 0.395 e. The van der Waals surface area contributed by atoms with Crippen LogP contribution in [0.15, 0.2) is 70.6 Å². The third-order valence-corrected chi connectivity index (χ3v) is 5.33. The lowest BCUT2D eigenvalue weighted by molar-refractivity contribution is -0.131. The highest BCUT2D eigenvalue weighted by Crippen LogP contribution is 2.45. The van der Waals surface area contributed by atoms with Crippen molar-refractivity contribution >= 4 is 35.0 Å². The molecule has 0 fully saturated rings. The fraction of sp³-hybridized carbons (Fsp3) is 0.100. The van der Waals surface area contributed by atoms with Gasteiger partial charge in [0.25, 0.3) is 0 Å². The molecule has 0 bridgehead atoms. The van der Waals surface area contributed by atoms with Gasteiger partial charge in [-0.1, -0.05) is 42.1 Å². The number of nitrogens with zero attached hydrogens (tertiary/aromatic N) is 1. The zero-order valence-corrected chi connectivity index (χ0v) is 14.5. The number of aliphatic hydroxyl groups is 1. The molecular weight excluding hydrogens is 350 g/mol. The number of benzene rings is 2. The van der Waals surface area contributed by atoms with Crippen LogP contribution in [-0.2, 0) is 9.53 Å². The van der Waals surface area contributed by atoms with Gasteiger partial charge in [0.1, 0.15) is 0 Å². The summed E-state index contributed by atoms with van der Waals surface area (Å²) in [6, 6.07) is 14.8. The van der Waals surface area contributed by atoms with E-state index in [0.717, 1.165) is 15.6 Å². The van der Waals surface area contributed by atoms with Crippen molar-refractivity contribution in [2.75, 3.05) is 18.1 Å². The SMILES string of the molecule is O=C1OC(=O)c2ccccc2/C1=C/C=C1\Sc2ccccc2N1CCO. The zero-order valence-electron chi connectivity index (χ0n) is 13.7.